The number of nitrogens with zero attached hydrogens (tertiary/aromatic N) is 1. The molecule has 15 heavy (non-hydrogen) atoms. The smallest absolute Gasteiger partial charge is 0.261 e. The van der Waals surface area contributed by atoms with Crippen LogP contribution in [-0.2, 0) is 4.79 Å². The molecule has 1 N–H and O–H groups in total. The minimum Gasteiger partial charge on any atom is -0.353 e. The number of nitrogens with one attached hydrogen (secondary N) is 1. The minimum atomic E-state index is -2.56. The molecule has 0 saturated carbocycles. The second kappa shape index (κ2) is 5.21. The van der Waals surface area contributed by atoms with Gasteiger partial charge in [-0.1, -0.05) is 6.08 Å². The molecule has 1 rings (SSSR count). The average Bonchev–Trinajstić information content (AvgIpc) is 2.46. The molecule has 0 atom stereocenters. The molecule has 0 spiro atoms. The molecule has 1 aliphatic rings. The van der Waals surface area contributed by atoms with Crippen LogP contribution >= 0.6 is 0 Å². The fourth-order valence-corrected chi connectivity index (χ4v) is 1.50. The lowest BCUT2D eigenvalue weighted by Crippen LogP contribution is -2.26. The molecule has 1 amide bonds. The van der Waals surface area contributed by atoms with Crippen LogP contribution in [0.3, 0.4) is 0 Å². The topological polar surface area (TPSA) is 32.3 Å². The number of carbonyl (C=O) groups excluding carboxylic acids is 1. The third-order valence-electron chi connectivity index (χ3n) is 2.23. The van der Waals surface area contributed by atoms with E-state index in [1.54, 1.807) is 11.0 Å². The summed E-state index contributed by atoms with van der Waals surface area (Å²) in [5, 5.41) is 2.59. The molecule has 0 aromatic carbocycles. The van der Waals surface area contributed by atoms with Gasteiger partial charge in [0.1, 0.15) is 0 Å². The standard InChI is InChI=1S/C10H16F2N2O/c1-2-13-9(15)4-3-6-14-7-5-10(11,12)8-14/h3-4H,2,5-8H2,1H3,(H,13,15)/b4-3+. The molecular formula is C10H16F2N2O. The number of alkyl halides is 2. The monoisotopic (exact) mass is 218 g/mol. The lowest BCUT2D eigenvalue weighted by molar-refractivity contribution is -0.116. The lowest BCUT2D eigenvalue weighted by atomic mass is 10.3. The molecule has 86 valence electrons. The Hall–Kier alpha value is -0.970. The third kappa shape index (κ3) is 4.38. The predicted octanol–water partition coefficient (Wildman–Crippen LogP) is 1.02. The molecule has 0 aliphatic carbocycles. The van der Waals surface area contributed by atoms with Crippen LogP contribution in [0.15, 0.2) is 12.2 Å². The number of hydrogen-bond acceptors (Lipinski definition) is 2. The van der Waals surface area contributed by atoms with E-state index >= 15 is 0 Å². The van der Waals surface area contributed by atoms with E-state index in [1.807, 2.05) is 6.92 Å². The van der Waals surface area contributed by atoms with Crippen LogP contribution in [0.4, 0.5) is 8.78 Å². The second-order valence-corrected chi connectivity index (χ2v) is 3.64. The van der Waals surface area contributed by atoms with Crippen molar-refractivity contribution in [1.82, 2.24) is 10.2 Å². The number of hydrogen-bond donors (Lipinski definition) is 1. The highest BCUT2D eigenvalue weighted by atomic mass is 19.3. The van der Waals surface area contributed by atoms with Gasteiger partial charge in [0.05, 0.1) is 6.54 Å². The number of likely N-dealkylation sites (N-methyl/N-ethyl adjacent to an activating group) is 1. The highest BCUT2D eigenvalue weighted by Crippen LogP contribution is 2.26. The molecule has 0 radical (unpaired) electrons. The molecule has 0 bridgehead atoms. The lowest BCUT2D eigenvalue weighted by Gasteiger charge is -2.12. The average molecular weight is 218 g/mol. The van der Waals surface area contributed by atoms with Crippen LogP contribution in [0.25, 0.3) is 0 Å². The van der Waals surface area contributed by atoms with E-state index in [4.69, 9.17) is 0 Å². The molecule has 5 heteroatoms. The first-order valence-electron chi connectivity index (χ1n) is 5.08. The van der Waals surface area contributed by atoms with E-state index in [0.29, 0.717) is 19.6 Å². The summed E-state index contributed by atoms with van der Waals surface area (Å²) in [7, 11) is 0. The van der Waals surface area contributed by atoms with Crippen molar-refractivity contribution in [3.63, 3.8) is 0 Å². The van der Waals surface area contributed by atoms with E-state index in [2.05, 4.69) is 5.32 Å². The van der Waals surface area contributed by atoms with Crippen LogP contribution < -0.4 is 5.32 Å². The molecule has 1 saturated heterocycles. The Morgan fingerprint density at radius 1 is 1.60 bits per heavy atom. The van der Waals surface area contributed by atoms with Gasteiger partial charge in [-0.05, 0) is 6.92 Å². The number of rotatable bonds is 4. The van der Waals surface area contributed by atoms with Crippen molar-refractivity contribution in [1.29, 1.82) is 0 Å². The van der Waals surface area contributed by atoms with Crippen molar-refractivity contribution in [3.8, 4) is 0 Å². The van der Waals surface area contributed by atoms with E-state index in [0.717, 1.165) is 0 Å². The summed E-state index contributed by atoms with van der Waals surface area (Å²) >= 11 is 0. The zero-order valence-electron chi connectivity index (χ0n) is 8.80. The number of halogens is 2. The van der Waals surface area contributed by atoms with Gasteiger partial charge in [-0.3, -0.25) is 9.69 Å². The molecule has 3 nitrogen and oxygen atoms in total. The minimum absolute atomic E-state index is 0.0814. The Balaban J connectivity index is 2.24. The van der Waals surface area contributed by atoms with Crippen LogP contribution in [-0.4, -0.2) is 42.9 Å². The van der Waals surface area contributed by atoms with Gasteiger partial charge in [0, 0.05) is 32.1 Å². The Morgan fingerprint density at radius 3 is 2.87 bits per heavy atom. The van der Waals surface area contributed by atoms with E-state index in [9.17, 15) is 13.6 Å². The van der Waals surface area contributed by atoms with Gasteiger partial charge < -0.3 is 5.32 Å². The second-order valence-electron chi connectivity index (χ2n) is 3.64. The van der Waals surface area contributed by atoms with Crippen molar-refractivity contribution in [2.24, 2.45) is 0 Å². The van der Waals surface area contributed by atoms with Gasteiger partial charge >= 0.3 is 0 Å². The van der Waals surface area contributed by atoms with Crippen LogP contribution in [0.5, 0.6) is 0 Å². The highest BCUT2D eigenvalue weighted by Gasteiger charge is 2.37. The van der Waals surface area contributed by atoms with Gasteiger partial charge in [0.25, 0.3) is 5.92 Å². The normalized spacial score (nSPS) is 21.0. The predicted molar refractivity (Wildman–Crippen MR) is 53.8 cm³/mol. The first kappa shape index (κ1) is 12.1. The Morgan fingerprint density at radius 2 is 2.33 bits per heavy atom. The number of carbonyl (C=O) groups is 1. The molecule has 0 aromatic rings. The van der Waals surface area contributed by atoms with Crippen LogP contribution in [0.1, 0.15) is 13.3 Å². The van der Waals surface area contributed by atoms with Gasteiger partial charge in [0.15, 0.2) is 0 Å². The van der Waals surface area contributed by atoms with Gasteiger partial charge in [0.2, 0.25) is 5.91 Å². The van der Waals surface area contributed by atoms with Crippen molar-refractivity contribution in [2.75, 3.05) is 26.2 Å². The molecule has 1 aliphatic heterocycles. The summed E-state index contributed by atoms with van der Waals surface area (Å²) in [6.07, 6.45) is 2.92. The summed E-state index contributed by atoms with van der Waals surface area (Å²) in [5.74, 6) is -2.73. The van der Waals surface area contributed by atoms with Crippen LogP contribution in [0, 0.1) is 0 Å². The van der Waals surface area contributed by atoms with E-state index < -0.39 is 5.92 Å². The molecule has 0 unspecified atom stereocenters. The quantitative estimate of drug-likeness (QED) is 0.714. The zero-order chi connectivity index (χ0) is 11.3. The third-order valence-corrected chi connectivity index (χ3v) is 2.23. The Kier molecular flexibility index (Phi) is 4.20. The van der Waals surface area contributed by atoms with Crippen molar-refractivity contribution in [2.45, 2.75) is 19.3 Å². The largest absolute Gasteiger partial charge is 0.353 e. The first-order valence-corrected chi connectivity index (χ1v) is 5.08. The molecule has 0 aromatic heterocycles. The van der Waals surface area contributed by atoms with Crippen molar-refractivity contribution in [3.05, 3.63) is 12.2 Å². The summed E-state index contributed by atoms with van der Waals surface area (Å²) in [6.45, 7) is 3.00. The Labute approximate surface area is 88.1 Å². The van der Waals surface area contributed by atoms with E-state index in [1.165, 1.54) is 6.08 Å². The Bertz CT molecular complexity index is 254. The maximum Gasteiger partial charge on any atom is 0.261 e. The summed E-state index contributed by atoms with van der Waals surface area (Å²) in [6, 6.07) is 0. The zero-order valence-corrected chi connectivity index (χ0v) is 8.80. The highest BCUT2D eigenvalue weighted by molar-refractivity contribution is 5.87. The van der Waals surface area contributed by atoms with Gasteiger partial charge in [-0.25, -0.2) is 8.78 Å². The van der Waals surface area contributed by atoms with Crippen LogP contribution in [0.2, 0.25) is 0 Å². The first-order chi connectivity index (χ1) is 7.03. The maximum atomic E-state index is 12.8. The number of likely N-dealkylation sites (tertiary alicyclic amines) is 1. The van der Waals surface area contributed by atoms with Crippen molar-refractivity contribution >= 4 is 5.91 Å². The maximum absolute atomic E-state index is 12.8. The molecule has 1 heterocycles. The van der Waals surface area contributed by atoms with Gasteiger partial charge in [-0.2, -0.15) is 0 Å². The van der Waals surface area contributed by atoms with Crippen molar-refractivity contribution < 1.29 is 13.6 Å². The summed E-state index contributed by atoms with van der Waals surface area (Å²) in [4.78, 5) is 12.6. The molecule has 1 fully saturated rings. The fraction of sp³-hybridized carbons (Fsp3) is 0.700. The summed E-state index contributed by atoms with van der Waals surface area (Å²) < 4.78 is 25.5. The molecular weight excluding hydrogens is 202 g/mol. The van der Waals surface area contributed by atoms with Gasteiger partial charge in [-0.15, -0.1) is 0 Å². The summed E-state index contributed by atoms with van der Waals surface area (Å²) in [5.41, 5.74) is 0. The van der Waals surface area contributed by atoms with E-state index in [-0.39, 0.29) is 18.9 Å². The fourth-order valence-electron chi connectivity index (χ4n) is 1.50. The SMILES string of the molecule is CCNC(=O)/C=C/CN1CCC(F)(F)C1. The number of amides is 1.